The lowest BCUT2D eigenvalue weighted by atomic mass is 9.95. The molecular formula is C20H21N5O3S. The fraction of sp³-hybridized carbons (Fsp3) is 0.250. The Bertz CT molecular complexity index is 1010. The Hall–Kier alpha value is -3.20. The summed E-state index contributed by atoms with van der Waals surface area (Å²) in [6.07, 6.45) is 0. The highest BCUT2D eigenvalue weighted by molar-refractivity contribution is 7.99. The molecule has 0 bridgehead atoms. The van der Waals surface area contributed by atoms with Gasteiger partial charge < -0.3 is 10.4 Å². The molecule has 29 heavy (non-hydrogen) atoms. The van der Waals surface area contributed by atoms with E-state index in [2.05, 4.69) is 20.8 Å². The fourth-order valence-corrected chi connectivity index (χ4v) is 3.08. The predicted octanol–water partition coefficient (Wildman–Crippen LogP) is 3.33. The molecule has 0 unspecified atom stereocenters. The van der Waals surface area contributed by atoms with Crippen molar-refractivity contribution >= 4 is 29.1 Å². The smallest absolute Gasteiger partial charge is 0.229 e. The number of Topliss-reactive ketones (excluding diaryl/α,β-unsaturated/α-hetero) is 1. The third-order valence-corrected chi connectivity index (χ3v) is 4.93. The number of anilines is 1. The van der Waals surface area contributed by atoms with Crippen molar-refractivity contribution < 1.29 is 14.7 Å². The highest BCUT2D eigenvalue weighted by Gasteiger charge is 2.21. The number of aromatic hydroxyl groups is 1. The van der Waals surface area contributed by atoms with Crippen molar-refractivity contribution in [3.05, 3.63) is 54.1 Å². The highest BCUT2D eigenvalue weighted by atomic mass is 32.2. The number of rotatable bonds is 6. The summed E-state index contributed by atoms with van der Waals surface area (Å²) in [5, 5.41) is 24.2. The Balaban J connectivity index is 1.63. The van der Waals surface area contributed by atoms with E-state index in [-0.39, 0.29) is 23.2 Å². The van der Waals surface area contributed by atoms with Gasteiger partial charge in [0.2, 0.25) is 11.1 Å². The third-order valence-electron chi connectivity index (χ3n) is 4.01. The van der Waals surface area contributed by atoms with Crippen molar-refractivity contribution in [1.82, 2.24) is 20.2 Å². The van der Waals surface area contributed by atoms with Gasteiger partial charge in [-0.05, 0) is 59.0 Å². The molecule has 0 aliphatic rings. The van der Waals surface area contributed by atoms with Gasteiger partial charge in [0.1, 0.15) is 5.75 Å². The number of carbonyl (C=O) groups is 2. The molecule has 0 atom stereocenters. The fourth-order valence-electron chi connectivity index (χ4n) is 2.30. The van der Waals surface area contributed by atoms with Crippen molar-refractivity contribution in [2.24, 2.45) is 5.41 Å². The molecule has 0 saturated carbocycles. The molecule has 0 aliphatic heterocycles. The number of nitrogens with zero attached hydrogens (tertiary/aromatic N) is 4. The van der Waals surface area contributed by atoms with Crippen LogP contribution in [0.4, 0.5) is 5.69 Å². The van der Waals surface area contributed by atoms with Crippen LogP contribution in [0.1, 0.15) is 31.1 Å². The third kappa shape index (κ3) is 5.20. The average Bonchev–Trinajstić information content (AvgIpc) is 3.15. The standard InChI is InChI=1S/C20H21N5O3S/c1-20(2,3)18(28)21-14-6-4-13(5-7-14)17(27)12-29-19-22-23-24-25(19)15-8-10-16(26)11-9-15/h4-11,26H,12H2,1-3H3,(H,21,28). The number of hydrogen-bond donors (Lipinski definition) is 2. The second kappa shape index (κ2) is 8.44. The topological polar surface area (TPSA) is 110 Å². The lowest BCUT2D eigenvalue weighted by molar-refractivity contribution is -0.123. The maximum absolute atomic E-state index is 12.5. The maximum Gasteiger partial charge on any atom is 0.229 e. The summed E-state index contributed by atoms with van der Waals surface area (Å²) in [6.45, 7) is 5.51. The van der Waals surface area contributed by atoms with Crippen LogP contribution >= 0.6 is 11.8 Å². The molecule has 1 heterocycles. The second-order valence-corrected chi connectivity index (χ2v) is 8.33. The minimum atomic E-state index is -0.493. The first-order valence-electron chi connectivity index (χ1n) is 8.89. The van der Waals surface area contributed by atoms with E-state index in [4.69, 9.17) is 0 Å². The summed E-state index contributed by atoms with van der Waals surface area (Å²) in [7, 11) is 0. The van der Waals surface area contributed by atoms with E-state index in [1.165, 1.54) is 28.6 Å². The first kappa shape index (κ1) is 20.5. The van der Waals surface area contributed by atoms with Crippen LogP contribution in [0.5, 0.6) is 5.75 Å². The quantitative estimate of drug-likeness (QED) is 0.473. The number of hydrogen-bond acceptors (Lipinski definition) is 7. The summed E-state index contributed by atoms with van der Waals surface area (Å²) in [5.74, 6) is 0.136. The Morgan fingerprint density at radius 1 is 1.07 bits per heavy atom. The van der Waals surface area contributed by atoms with E-state index >= 15 is 0 Å². The molecule has 0 aliphatic carbocycles. The molecule has 0 spiro atoms. The molecule has 150 valence electrons. The minimum Gasteiger partial charge on any atom is -0.508 e. The SMILES string of the molecule is CC(C)(C)C(=O)Nc1ccc(C(=O)CSc2nnnn2-c2ccc(O)cc2)cc1. The molecular weight excluding hydrogens is 390 g/mol. The molecule has 3 aromatic rings. The number of benzene rings is 2. The molecule has 2 aromatic carbocycles. The van der Waals surface area contributed by atoms with Gasteiger partial charge in [-0.2, -0.15) is 4.68 Å². The van der Waals surface area contributed by atoms with Gasteiger partial charge in [0.25, 0.3) is 0 Å². The maximum atomic E-state index is 12.5. The van der Waals surface area contributed by atoms with Crippen molar-refractivity contribution in [2.75, 3.05) is 11.1 Å². The van der Waals surface area contributed by atoms with Crippen LogP contribution in [-0.4, -0.2) is 42.8 Å². The van der Waals surface area contributed by atoms with E-state index in [9.17, 15) is 14.7 Å². The number of tetrazole rings is 1. The largest absolute Gasteiger partial charge is 0.508 e. The monoisotopic (exact) mass is 411 g/mol. The van der Waals surface area contributed by atoms with Gasteiger partial charge in [-0.1, -0.05) is 32.5 Å². The summed E-state index contributed by atoms with van der Waals surface area (Å²) < 4.78 is 1.50. The Kier molecular flexibility index (Phi) is 5.97. The van der Waals surface area contributed by atoms with Gasteiger partial charge in [-0.15, -0.1) is 5.10 Å². The van der Waals surface area contributed by atoms with Crippen molar-refractivity contribution in [2.45, 2.75) is 25.9 Å². The molecule has 1 amide bonds. The zero-order valence-corrected chi connectivity index (χ0v) is 17.1. The number of thioether (sulfide) groups is 1. The van der Waals surface area contributed by atoms with Crippen molar-refractivity contribution in [1.29, 1.82) is 0 Å². The number of aromatic nitrogens is 4. The van der Waals surface area contributed by atoms with Crippen LogP contribution in [0.25, 0.3) is 5.69 Å². The average molecular weight is 411 g/mol. The molecule has 3 rings (SSSR count). The Morgan fingerprint density at radius 2 is 1.72 bits per heavy atom. The molecule has 9 heteroatoms. The molecule has 2 N–H and O–H groups in total. The van der Waals surface area contributed by atoms with Gasteiger partial charge in [-0.3, -0.25) is 9.59 Å². The van der Waals surface area contributed by atoms with E-state index in [0.29, 0.717) is 22.1 Å². The molecule has 8 nitrogen and oxygen atoms in total. The summed E-state index contributed by atoms with van der Waals surface area (Å²) in [5.41, 5.74) is 1.37. The lowest BCUT2D eigenvalue weighted by Gasteiger charge is -2.17. The minimum absolute atomic E-state index is 0.0797. The number of ketones is 1. The van der Waals surface area contributed by atoms with E-state index < -0.39 is 5.41 Å². The molecule has 1 aromatic heterocycles. The number of phenols is 1. The summed E-state index contributed by atoms with van der Waals surface area (Å²) in [6, 6.07) is 13.2. The van der Waals surface area contributed by atoms with Crippen LogP contribution in [-0.2, 0) is 4.79 Å². The number of amides is 1. The van der Waals surface area contributed by atoms with Crippen LogP contribution in [0.2, 0.25) is 0 Å². The van der Waals surface area contributed by atoms with E-state index in [1.54, 1.807) is 36.4 Å². The lowest BCUT2D eigenvalue weighted by Crippen LogP contribution is -2.27. The Morgan fingerprint density at radius 3 is 2.34 bits per heavy atom. The van der Waals surface area contributed by atoms with Crippen molar-refractivity contribution in [3.8, 4) is 11.4 Å². The van der Waals surface area contributed by atoms with Crippen LogP contribution < -0.4 is 5.32 Å². The first-order valence-corrected chi connectivity index (χ1v) is 9.88. The van der Waals surface area contributed by atoms with Gasteiger partial charge in [-0.25, -0.2) is 0 Å². The van der Waals surface area contributed by atoms with Gasteiger partial charge in [0, 0.05) is 16.7 Å². The van der Waals surface area contributed by atoms with Gasteiger partial charge in [0.15, 0.2) is 5.78 Å². The number of phenolic OH excluding ortho intramolecular Hbond substituents is 1. The predicted molar refractivity (Wildman–Crippen MR) is 110 cm³/mol. The molecule has 0 radical (unpaired) electrons. The van der Waals surface area contributed by atoms with Crippen LogP contribution in [0, 0.1) is 5.41 Å². The zero-order valence-electron chi connectivity index (χ0n) is 16.3. The van der Waals surface area contributed by atoms with Crippen LogP contribution in [0.15, 0.2) is 53.7 Å². The summed E-state index contributed by atoms with van der Waals surface area (Å²) >= 11 is 1.22. The van der Waals surface area contributed by atoms with Crippen molar-refractivity contribution in [3.63, 3.8) is 0 Å². The van der Waals surface area contributed by atoms with Gasteiger partial charge in [0.05, 0.1) is 11.4 Å². The van der Waals surface area contributed by atoms with E-state index in [0.717, 1.165) is 0 Å². The number of carbonyl (C=O) groups excluding carboxylic acids is 2. The zero-order chi connectivity index (χ0) is 21.0. The van der Waals surface area contributed by atoms with Gasteiger partial charge >= 0.3 is 0 Å². The molecule has 0 saturated heterocycles. The summed E-state index contributed by atoms with van der Waals surface area (Å²) in [4.78, 5) is 24.5. The first-order chi connectivity index (χ1) is 13.7. The second-order valence-electron chi connectivity index (χ2n) is 7.38. The number of nitrogens with one attached hydrogen (secondary N) is 1. The van der Waals surface area contributed by atoms with Crippen LogP contribution in [0.3, 0.4) is 0 Å². The highest BCUT2D eigenvalue weighted by Crippen LogP contribution is 2.22. The normalized spacial score (nSPS) is 11.3. The molecule has 0 fully saturated rings. The van der Waals surface area contributed by atoms with E-state index in [1.807, 2.05) is 20.8 Å². The Labute approximate surface area is 172 Å².